The van der Waals surface area contributed by atoms with Crippen LogP contribution in [0.25, 0.3) is 83.3 Å². The van der Waals surface area contributed by atoms with Crippen LogP contribution in [-0.4, -0.2) is 17.6 Å². The summed E-state index contributed by atoms with van der Waals surface area (Å²) in [5.41, 5.74) is 12.8. The van der Waals surface area contributed by atoms with Crippen LogP contribution in [0.4, 0.5) is 22.7 Å². The van der Waals surface area contributed by atoms with Crippen LogP contribution >= 0.6 is 0 Å². The van der Waals surface area contributed by atoms with Crippen molar-refractivity contribution in [3.63, 3.8) is 0 Å². The molecule has 2 aromatic heterocycles. The summed E-state index contributed by atoms with van der Waals surface area (Å²) in [6.07, 6.45) is 1.31. The zero-order valence-electron chi connectivity index (χ0n) is 54.0. The third-order valence-electron chi connectivity index (χ3n) is 16.6. The first kappa shape index (κ1) is 44.4. The third-order valence-corrected chi connectivity index (χ3v) is 21.5. The zero-order chi connectivity index (χ0) is 63.3. The summed E-state index contributed by atoms with van der Waals surface area (Å²) in [4.78, 5) is 9.44. The van der Waals surface area contributed by atoms with E-state index < -0.39 is 45.1 Å². The normalized spacial score (nSPS) is 14.3. The van der Waals surface area contributed by atoms with Crippen LogP contribution in [-0.2, 0) is 21.1 Å². The van der Waals surface area contributed by atoms with E-state index in [4.69, 9.17) is 20.7 Å². The fraction of sp³-hybridized carbons (Fsp3) is 0.0127. The van der Waals surface area contributed by atoms with Crippen molar-refractivity contribution in [1.29, 1.82) is 0 Å². The Morgan fingerprint density at radius 2 is 1.09 bits per heavy atom. The number of rotatable bonds is 11. The van der Waals surface area contributed by atoms with Gasteiger partial charge >= 0.3 is 0 Å². The van der Waals surface area contributed by atoms with E-state index in [2.05, 4.69) is 223 Å². The van der Waals surface area contributed by atoms with E-state index in [9.17, 15) is 0 Å². The van der Waals surface area contributed by atoms with E-state index in [1.807, 2.05) is 65.2 Å². The van der Waals surface area contributed by atoms with Gasteiger partial charge in [0.2, 0.25) is 0 Å². The minimum absolute atomic E-state index is 0. The summed E-state index contributed by atoms with van der Waals surface area (Å²) >= 11 is 0. The molecule has 4 heterocycles. The first-order valence-corrected chi connectivity index (χ1v) is 30.3. The standard InChI is InChI=1S/C79H53N4OSi.Pt/c1-54-49-75(80-52-68(54)57-31-11-4-12-32-57)83-69-45-21-19-41-66(69)76-72(83)51-73(79-77(76)67-42-20-24-48-74(67)85(79,60-35-13-5-14-36-60)61-37-15-6-16-38-61)84-59-34-25-33-58(50-59)81-53-82(71-47-23-22-46-70(71)81)78-63(56-29-9-3-10-30-56)43-26-44-65(78)64-40-18-17-39-62(64)55-27-7-2-8-28-55;/h2-49,52-53H,1H3;/q-3;/i1D3,4D,11D,12D,31D,32D;. The number of para-hydroxylation sites is 4. The molecule has 0 fully saturated rings. The van der Waals surface area contributed by atoms with Crippen LogP contribution in [0.2, 0.25) is 0 Å². The van der Waals surface area contributed by atoms with Gasteiger partial charge in [-0.3, -0.25) is 0 Å². The van der Waals surface area contributed by atoms with E-state index in [0.717, 1.165) is 98.8 Å². The number of hydrogen-bond donors (Lipinski definition) is 0. The van der Waals surface area contributed by atoms with Gasteiger partial charge in [-0.2, -0.15) is 6.07 Å². The summed E-state index contributed by atoms with van der Waals surface area (Å²) in [6.45, 7) is -0.677. The number of aryl methyl sites for hydroxylation is 1. The Hall–Kier alpha value is -10.1. The molecule has 0 amide bonds. The average Bonchev–Trinajstić information content (AvgIpc) is 1.51. The number of fused-ring (bicyclic) bond motifs is 8. The summed E-state index contributed by atoms with van der Waals surface area (Å²) in [6, 6.07) is 94.8. The van der Waals surface area contributed by atoms with Gasteiger partial charge < -0.3 is 19.1 Å². The fourth-order valence-corrected chi connectivity index (χ4v) is 18.3. The van der Waals surface area contributed by atoms with Gasteiger partial charge in [-0.15, -0.1) is 42.2 Å². The summed E-state index contributed by atoms with van der Waals surface area (Å²) in [5.74, 6) is 1.09. The summed E-state index contributed by atoms with van der Waals surface area (Å²) in [7, 11) is -3.40. The van der Waals surface area contributed by atoms with E-state index in [0.29, 0.717) is 22.5 Å². The summed E-state index contributed by atoms with van der Waals surface area (Å²) < 4.78 is 79.6. The largest absolute Gasteiger partial charge is 0.509 e. The molecule has 0 aliphatic carbocycles. The first-order chi connectivity index (χ1) is 45.4. The molecule has 0 saturated carbocycles. The molecule has 0 bridgehead atoms. The molecular weight excluding hydrogens is 1240 g/mol. The van der Waals surface area contributed by atoms with Gasteiger partial charge in [0.05, 0.1) is 6.85 Å². The average molecular weight is 1310 g/mol. The van der Waals surface area contributed by atoms with Crippen LogP contribution in [0.3, 0.4) is 0 Å². The molecule has 0 saturated heterocycles. The Labute approximate surface area is 527 Å². The Morgan fingerprint density at radius 3 is 1.81 bits per heavy atom. The molecule has 14 aromatic rings. The maximum Gasteiger partial charge on any atom is 0.135 e. The zero-order valence-corrected chi connectivity index (χ0v) is 49.3. The number of anilines is 4. The van der Waals surface area contributed by atoms with Crippen molar-refractivity contribution in [3.05, 3.63) is 322 Å². The number of nitrogens with zero attached hydrogens (tertiary/aromatic N) is 4. The first-order valence-electron chi connectivity index (χ1n) is 32.3. The van der Waals surface area contributed by atoms with Crippen molar-refractivity contribution in [2.24, 2.45) is 0 Å². The predicted molar refractivity (Wildman–Crippen MR) is 353 cm³/mol. The van der Waals surface area contributed by atoms with Crippen LogP contribution in [0.1, 0.15) is 16.5 Å². The second-order valence-electron chi connectivity index (χ2n) is 21.2. The van der Waals surface area contributed by atoms with Crippen molar-refractivity contribution in [2.45, 2.75) is 6.85 Å². The number of aromatic nitrogens is 2. The van der Waals surface area contributed by atoms with Crippen LogP contribution in [0.15, 0.2) is 297 Å². The Bertz CT molecular complexity index is 5240. The van der Waals surface area contributed by atoms with Crippen molar-refractivity contribution >= 4 is 73.4 Å². The van der Waals surface area contributed by atoms with Gasteiger partial charge in [0.15, 0.2) is 0 Å². The topological polar surface area (TPSA) is 33.5 Å². The quantitative estimate of drug-likeness (QED) is 0.0955. The number of benzene rings is 12. The number of hydrogen-bond acceptors (Lipinski definition) is 4. The molecule has 0 radical (unpaired) electrons. The van der Waals surface area contributed by atoms with E-state index in [1.54, 1.807) is 0 Å². The molecule has 5 nitrogen and oxygen atoms in total. The second-order valence-corrected chi connectivity index (χ2v) is 24.9. The molecule has 0 N–H and O–H groups in total. The maximum absolute atomic E-state index is 8.96. The second kappa shape index (κ2) is 21.8. The van der Waals surface area contributed by atoms with E-state index in [1.165, 1.54) is 12.3 Å². The Morgan fingerprint density at radius 1 is 0.512 bits per heavy atom. The Kier molecular flexibility index (Phi) is 11.3. The van der Waals surface area contributed by atoms with Gasteiger partial charge in [-0.1, -0.05) is 280 Å². The minimum Gasteiger partial charge on any atom is -0.509 e. The number of pyridine rings is 1. The van der Waals surface area contributed by atoms with Crippen molar-refractivity contribution in [2.75, 3.05) is 9.80 Å². The van der Waals surface area contributed by atoms with Crippen LogP contribution in [0.5, 0.6) is 11.5 Å². The SMILES string of the molecule is [2H]c1c([2H])c([2H])c(-c2cnc(-n3c4[c-]c(Oc5[c-]c(N6[CH-]N(c7c(-c8ccccc8)cccc7-c7ccccc7-c7ccccc7)c7ccccc76)ccc5)c5c(c4c4ccccc43)-c3ccccc3[Si]5(c3ccccc3)c3ccccc3)cc2C([2H])([2H])[2H])c([2H])c1[2H].[Pt]. The minimum atomic E-state index is -3.40. The molecule has 0 spiro atoms. The van der Waals surface area contributed by atoms with Crippen molar-refractivity contribution in [1.82, 2.24) is 9.55 Å². The fourth-order valence-electron chi connectivity index (χ4n) is 13.1. The number of ether oxygens (including phenoxy) is 1. The van der Waals surface area contributed by atoms with Gasteiger partial charge in [0.25, 0.3) is 0 Å². The van der Waals surface area contributed by atoms with Gasteiger partial charge in [-0.05, 0) is 75.4 Å². The van der Waals surface area contributed by atoms with E-state index in [-0.39, 0.29) is 43.6 Å². The molecule has 2 aliphatic rings. The smallest absolute Gasteiger partial charge is 0.135 e. The van der Waals surface area contributed by atoms with Gasteiger partial charge in [-0.25, -0.2) is 4.98 Å². The summed E-state index contributed by atoms with van der Waals surface area (Å²) in [5, 5.41) is 6.14. The molecule has 2 aliphatic heterocycles. The molecular formula is C79H53N4OPtSi-3. The van der Waals surface area contributed by atoms with Crippen LogP contribution < -0.4 is 35.3 Å². The predicted octanol–water partition coefficient (Wildman–Crippen LogP) is 17.3. The molecule has 86 heavy (non-hydrogen) atoms. The molecule has 7 heteroatoms. The Balaban J connectivity index is 0.00000729. The molecule has 12 aromatic carbocycles. The van der Waals surface area contributed by atoms with Gasteiger partial charge in [0.1, 0.15) is 13.9 Å². The monoisotopic (exact) mass is 1300 g/mol. The van der Waals surface area contributed by atoms with Gasteiger partial charge in [0, 0.05) is 82.1 Å². The van der Waals surface area contributed by atoms with E-state index >= 15 is 0 Å². The van der Waals surface area contributed by atoms with Crippen molar-refractivity contribution in [3.8, 4) is 73.0 Å². The third kappa shape index (κ3) is 8.50. The molecule has 16 rings (SSSR count). The molecule has 0 unspecified atom stereocenters. The van der Waals surface area contributed by atoms with Crippen LogP contribution in [0, 0.1) is 25.7 Å². The molecule has 0 atom stereocenters. The maximum atomic E-state index is 8.96. The molecule has 412 valence electrons. The van der Waals surface area contributed by atoms with Crippen molar-refractivity contribution < 1.29 is 36.8 Å².